The lowest BCUT2D eigenvalue weighted by molar-refractivity contribution is -0.143. The summed E-state index contributed by atoms with van der Waals surface area (Å²) in [6.45, 7) is 8.96. The number of carbonyl (C=O) groups is 7. The number of carboxylic acid groups (broad SMARTS) is 2. The molecule has 0 unspecified atom stereocenters. The number of nitrogens with one attached hydrogen (secondary N) is 5. The predicted octanol–water partition coefficient (Wildman–Crippen LogP) is -2.33. The molecule has 0 aromatic rings. The maximum atomic E-state index is 13.2. The number of aliphatic hydroxyl groups excluding tert-OH is 1. The number of nitrogens with two attached hydrogens (primary N) is 1. The molecule has 0 saturated heterocycles. The second kappa shape index (κ2) is 18.6. The highest BCUT2D eigenvalue weighted by Gasteiger charge is 2.33. The Labute approximate surface area is 244 Å². The highest BCUT2D eigenvalue weighted by Crippen LogP contribution is 2.10. The summed E-state index contributed by atoms with van der Waals surface area (Å²) in [6.07, 6.45) is -0.297. The summed E-state index contributed by atoms with van der Waals surface area (Å²) in [5.74, 6) is -7.27. The molecule has 0 aliphatic heterocycles. The Hall–Kier alpha value is -3.79. The largest absolute Gasteiger partial charge is 0.481 e. The monoisotopic (exact) mass is 602 g/mol. The van der Waals surface area contributed by atoms with Gasteiger partial charge in [-0.25, -0.2) is 4.79 Å². The average molecular weight is 603 g/mol. The molecular formula is C26H46N6O10. The van der Waals surface area contributed by atoms with Gasteiger partial charge in [0.05, 0.1) is 25.6 Å². The lowest BCUT2D eigenvalue weighted by atomic mass is 9.98. The van der Waals surface area contributed by atoms with Crippen molar-refractivity contribution in [1.82, 2.24) is 26.6 Å². The number of rotatable bonds is 19. The Balaban J connectivity index is 5.45. The molecule has 10 N–H and O–H groups in total. The second-order valence-corrected chi connectivity index (χ2v) is 11.2. The molecule has 0 fully saturated rings. The minimum Gasteiger partial charge on any atom is -0.481 e. The molecule has 5 amide bonds. The van der Waals surface area contributed by atoms with Gasteiger partial charge in [0.2, 0.25) is 29.5 Å². The third kappa shape index (κ3) is 14.7. The summed E-state index contributed by atoms with van der Waals surface area (Å²) in [6, 6.07) is -6.38. The van der Waals surface area contributed by atoms with Crippen molar-refractivity contribution < 1.29 is 48.9 Å². The van der Waals surface area contributed by atoms with Crippen molar-refractivity contribution in [3.05, 3.63) is 0 Å². The molecular weight excluding hydrogens is 556 g/mol. The van der Waals surface area contributed by atoms with Gasteiger partial charge in [-0.3, -0.25) is 28.8 Å². The van der Waals surface area contributed by atoms with Crippen molar-refractivity contribution in [2.75, 3.05) is 13.2 Å². The van der Waals surface area contributed by atoms with Crippen LogP contribution >= 0.6 is 0 Å². The van der Waals surface area contributed by atoms with Crippen LogP contribution in [0.3, 0.4) is 0 Å². The molecule has 0 aliphatic carbocycles. The number of aliphatic hydroxyl groups is 1. The van der Waals surface area contributed by atoms with E-state index >= 15 is 0 Å². The van der Waals surface area contributed by atoms with E-state index in [0.29, 0.717) is 0 Å². The molecule has 0 aliphatic rings. The van der Waals surface area contributed by atoms with Crippen LogP contribution in [0.25, 0.3) is 0 Å². The topological polar surface area (TPSA) is 266 Å². The molecule has 0 heterocycles. The fourth-order valence-electron chi connectivity index (χ4n) is 3.74. The van der Waals surface area contributed by atoms with Gasteiger partial charge in [0.25, 0.3) is 0 Å². The summed E-state index contributed by atoms with van der Waals surface area (Å²) < 4.78 is 0. The number of hydrogen-bond donors (Lipinski definition) is 9. The summed E-state index contributed by atoms with van der Waals surface area (Å²) in [7, 11) is 0. The number of amides is 5. The van der Waals surface area contributed by atoms with E-state index in [1.807, 2.05) is 13.8 Å². The maximum Gasteiger partial charge on any atom is 0.326 e. The van der Waals surface area contributed by atoms with Gasteiger partial charge in [-0.05, 0) is 30.6 Å². The lowest BCUT2D eigenvalue weighted by Crippen LogP contribution is -2.60. The number of hydrogen-bond acceptors (Lipinski definition) is 9. The molecule has 0 radical (unpaired) electrons. The Morgan fingerprint density at radius 1 is 0.667 bits per heavy atom. The summed E-state index contributed by atoms with van der Waals surface area (Å²) in [5.41, 5.74) is 5.41. The standard InChI is InChI=1S/C26H46N6O10/c1-12(2)7-16(23(38)31-17(26(41)42)8-13(3)4)30-25(40)21(14(5)6)32-24(39)18(11-33)29-19(34)10-28-22(37)15(27)9-20(35)36/h12-18,21,33H,7-11,27H2,1-6H3,(H,28,37)(H,29,34)(H,30,40)(H,31,38)(H,32,39)(H,35,36)(H,41,42)/t15-,16-,17-,18-,21-/m0/s1. The number of aliphatic carboxylic acids is 2. The zero-order valence-electron chi connectivity index (χ0n) is 24.9. The van der Waals surface area contributed by atoms with Gasteiger partial charge in [0.15, 0.2) is 0 Å². The van der Waals surface area contributed by atoms with E-state index in [9.17, 15) is 43.8 Å². The Morgan fingerprint density at radius 2 is 1.17 bits per heavy atom. The van der Waals surface area contributed by atoms with Crippen LogP contribution in [0, 0.1) is 17.8 Å². The van der Waals surface area contributed by atoms with Crippen molar-refractivity contribution >= 4 is 41.5 Å². The number of carbonyl (C=O) groups excluding carboxylic acids is 5. The molecule has 0 aromatic carbocycles. The predicted molar refractivity (Wildman–Crippen MR) is 149 cm³/mol. The van der Waals surface area contributed by atoms with Crippen LogP contribution in [0.4, 0.5) is 0 Å². The molecule has 5 atom stereocenters. The van der Waals surface area contributed by atoms with Crippen molar-refractivity contribution in [2.24, 2.45) is 23.5 Å². The average Bonchev–Trinajstić information content (AvgIpc) is 2.86. The van der Waals surface area contributed by atoms with Crippen LogP contribution in [0.1, 0.15) is 60.8 Å². The Bertz CT molecular complexity index is 971. The van der Waals surface area contributed by atoms with Crippen LogP contribution in [-0.2, 0) is 33.6 Å². The Morgan fingerprint density at radius 3 is 1.62 bits per heavy atom. The van der Waals surface area contributed by atoms with E-state index in [1.165, 1.54) is 0 Å². The van der Waals surface area contributed by atoms with Crippen LogP contribution in [0.15, 0.2) is 0 Å². The third-order valence-electron chi connectivity index (χ3n) is 5.90. The van der Waals surface area contributed by atoms with Gasteiger partial charge in [0, 0.05) is 0 Å². The number of carboxylic acids is 2. The van der Waals surface area contributed by atoms with E-state index in [1.54, 1.807) is 27.7 Å². The molecule has 0 spiro atoms. The quantitative estimate of drug-likeness (QED) is 0.0756. The van der Waals surface area contributed by atoms with Gasteiger partial charge in [0.1, 0.15) is 24.2 Å². The first-order valence-corrected chi connectivity index (χ1v) is 13.7. The maximum absolute atomic E-state index is 13.2. The van der Waals surface area contributed by atoms with Crippen LogP contribution in [0.2, 0.25) is 0 Å². The van der Waals surface area contributed by atoms with E-state index in [0.717, 1.165) is 0 Å². The normalized spacial score (nSPS) is 14.7. The van der Waals surface area contributed by atoms with E-state index in [2.05, 4.69) is 26.6 Å². The molecule has 0 bridgehead atoms. The van der Waals surface area contributed by atoms with Crippen molar-refractivity contribution in [1.29, 1.82) is 0 Å². The zero-order chi connectivity index (χ0) is 32.7. The van der Waals surface area contributed by atoms with Crippen LogP contribution in [0.5, 0.6) is 0 Å². The fraction of sp³-hybridized carbons (Fsp3) is 0.731. The summed E-state index contributed by atoms with van der Waals surface area (Å²) in [5, 5.41) is 39.6. The minimum absolute atomic E-state index is 0.0178. The highest BCUT2D eigenvalue weighted by atomic mass is 16.4. The molecule has 240 valence electrons. The minimum atomic E-state index is -1.52. The third-order valence-corrected chi connectivity index (χ3v) is 5.90. The fourth-order valence-corrected chi connectivity index (χ4v) is 3.74. The van der Waals surface area contributed by atoms with Gasteiger partial charge >= 0.3 is 11.9 Å². The van der Waals surface area contributed by atoms with Gasteiger partial charge in [-0.15, -0.1) is 0 Å². The first-order chi connectivity index (χ1) is 19.4. The zero-order valence-corrected chi connectivity index (χ0v) is 24.9. The summed E-state index contributed by atoms with van der Waals surface area (Å²) in [4.78, 5) is 85.3. The molecule has 16 heteroatoms. The van der Waals surface area contributed by atoms with E-state index in [4.69, 9.17) is 10.8 Å². The van der Waals surface area contributed by atoms with Crippen LogP contribution in [-0.4, -0.2) is 100 Å². The molecule has 42 heavy (non-hydrogen) atoms. The van der Waals surface area contributed by atoms with E-state index in [-0.39, 0.29) is 24.7 Å². The second-order valence-electron chi connectivity index (χ2n) is 11.2. The SMILES string of the molecule is CC(C)C[C@H](NC(=O)[C@H](CC(C)C)NC(=O)[C@@H](NC(=O)[C@H](CO)NC(=O)CNC(=O)[C@@H](N)CC(=O)O)C(C)C)C(=O)O. The molecule has 16 nitrogen and oxygen atoms in total. The lowest BCUT2D eigenvalue weighted by Gasteiger charge is -2.28. The highest BCUT2D eigenvalue weighted by molar-refractivity contribution is 5.96. The van der Waals surface area contributed by atoms with Crippen molar-refractivity contribution in [3.8, 4) is 0 Å². The Kier molecular flexibility index (Phi) is 16.9. The van der Waals surface area contributed by atoms with Gasteiger partial charge < -0.3 is 47.6 Å². The van der Waals surface area contributed by atoms with Gasteiger partial charge in [-0.2, -0.15) is 0 Å². The van der Waals surface area contributed by atoms with Crippen molar-refractivity contribution in [2.45, 2.75) is 91.0 Å². The first kappa shape index (κ1) is 38.2. The summed E-state index contributed by atoms with van der Waals surface area (Å²) >= 11 is 0. The van der Waals surface area contributed by atoms with Crippen LogP contribution < -0.4 is 32.3 Å². The van der Waals surface area contributed by atoms with E-state index < -0.39 is 97.2 Å². The molecule has 0 rings (SSSR count). The first-order valence-electron chi connectivity index (χ1n) is 13.7. The molecule has 0 saturated carbocycles. The smallest absolute Gasteiger partial charge is 0.326 e. The van der Waals surface area contributed by atoms with Gasteiger partial charge in [-0.1, -0.05) is 41.5 Å². The van der Waals surface area contributed by atoms with Crippen molar-refractivity contribution in [3.63, 3.8) is 0 Å². The molecule has 0 aromatic heterocycles.